The van der Waals surface area contributed by atoms with Gasteiger partial charge in [0.05, 0.1) is 13.1 Å². The third-order valence-corrected chi connectivity index (χ3v) is 6.30. The predicted molar refractivity (Wildman–Crippen MR) is 132 cm³/mol. The Bertz CT molecular complexity index is 694. The van der Waals surface area contributed by atoms with Crippen LogP contribution in [0.3, 0.4) is 0 Å². The van der Waals surface area contributed by atoms with Crippen molar-refractivity contribution in [3.05, 3.63) is 30.1 Å². The molecule has 6 nitrogen and oxygen atoms in total. The van der Waals surface area contributed by atoms with Crippen LogP contribution in [0.5, 0.6) is 0 Å². The first-order valence-corrected chi connectivity index (χ1v) is 11.6. The van der Waals surface area contributed by atoms with Gasteiger partial charge in [0.15, 0.2) is 5.96 Å². The van der Waals surface area contributed by atoms with E-state index < -0.39 is 0 Å². The van der Waals surface area contributed by atoms with Gasteiger partial charge in [-0.25, -0.2) is 4.39 Å². The molecule has 2 fully saturated rings. The summed E-state index contributed by atoms with van der Waals surface area (Å²) in [5, 5.41) is 3.36. The molecule has 1 aromatic carbocycles. The molecular weight excluding hydrogens is 516 g/mol. The molecule has 0 bridgehead atoms. The van der Waals surface area contributed by atoms with Crippen molar-refractivity contribution in [2.24, 2.45) is 4.99 Å². The maximum absolute atomic E-state index is 13.7. The third kappa shape index (κ3) is 7.56. The van der Waals surface area contributed by atoms with Crippen LogP contribution in [0, 0.1) is 5.82 Å². The van der Waals surface area contributed by atoms with Gasteiger partial charge in [-0.05, 0) is 31.9 Å². The van der Waals surface area contributed by atoms with E-state index in [1.165, 1.54) is 17.8 Å². The number of likely N-dealkylation sites (tertiary alicyclic amines) is 1. The standard InChI is InChI=1S/C21H32FN5OS.HI/c1-2-23-21(24-9-16-29-19-8-4-3-7-18(19)22)27-14-12-25(13-15-27)17-20(28)26-10-5-6-11-26;/h3-4,7-8H,2,5-6,9-17H2,1H3,(H,23,24);1H. The summed E-state index contributed by atoms with van der Waals surface area (Å²) in [5.41, 5.74) is 0. The highest BCUT2D eigenvalue weighted by atomic mass is 127. The number of aliphatic imine (C=N–C) groups is 1. The first kappa shape index (κ1) is 25.2. The van der Waals surface area contributed by atoms with Crippen LogP contribution in [0.15, 0.2) is 34.2 Å². The molecule has 30 heavy (non-hydrogen) atoms. The summed E-state index contributed by atoms with van der Waals surface area (Å²) in [5.74, 6) is 1.74. The number of piperazine rings is 1. The monoisotopic (exact) mass is 549 g/mol. The Morgan fingerprint density at radius 1 is 1.10 bits per heavy atom. The van der Waals surface area contributed by atoms with Gasteiger partial charge in [-0.15, -0.1) is 35.7 Å². The average molecular weight is 549 g/mol. The lowest BCUT2D eigenvalue weighted by Crippen LogP contribution is -2.54. The highest BCUT2D eigenvalue weighted by molar-refractivity contribution is 14.0. The van der Waals surface area contributed by atoms with Crippen LogP contribution < -0.4 is 5.32 Å². The number of rotatable bonds is 7. The van der Waals surface area contributed by atoms with E-state index in [0.29, 0.717) is 18.0 Å². The van der Waals surface area contributed by atoms with Gasteiger partial charge in [0.2, 0.25) is 5.91 Å². The summed E-state index contributed by atoms with van der Waals surface area (Å²) in [6, 6.07) is 6.85. The number of nitrogens with zero attached hydrogens (tertiary/aromatic N) is 4. The molecule has 0 unspecified atom stereocenters. The third-order valence-electron chi connectivity index (χ3n) is 5.27. The molecule has 0 aromatic heterocycles. The van der Waals surface area contributed by atoms with E-state index in [1.54, 1.807) is 12.1 Å². The second-order valence-electron chi connectivity index (χ2n) is 7.37. The predicted octanol–water partition coefficient (Wildman–Crippen LogP) is 2.74. The number of carbonyl (C=O) groups excluding carboxylic acids is 1. The van der Waals surface area contributed by atoms with E-state index >= 15 is 0 Å². The van der Waals surface area contributed by atoms with Crippen LogP contribution in [0.4, 0.5) is 4.39 Å². The zero-order valence-electron chi connectivity index (χ0n) is 17.7. The zero-order chi connectivity index (χ0) is 20.5. The fourth-order valence-corrected chi connectivity index (χ4v) is 4.45. The van der Waals surface area contributed by atoms with Crippen LogP contribution >= 0.6 is 35.7 Å². The van der Waals surface area contributed by atoms with Crippen LogP contribution in [0.1, 0.15) is 19.8 Å². The minimum absolute atomic E-state index is 0. The molecule has 0 atom stereocenters. The first-order chi connectivity index (χ1) is 14.2. The van der Waals surface area contributed by atoms with Crippen LogP contribution in [-0.2, 0) is 4.79 Å². The molecule has 0 spiro atoms. The van der Waals surface area contributed by atoms with Crippen molar-refractivity contribution < 1.29 is 9.18 Å². The van der Waals surface area contributed by atoms with E-state index in [-0.39, 0.29) is 35.7 Å². The Kier molecular flexibility index (Phi) is 11.2. The molecule has 0 aliphatic carbocycles. The lowest BCUT2D eigenvalue weighted by molar-refractivity contribution is -0.131. The van der Waals surface area contributed by atoms with E-state index in [4.69, 9.17) is 4.99 Å². The van der Waals surface area contributed by atoms with Crippen molar-refractivity contribution in [3.63, 3.8) is 0 Å². The lowest BCUT2D eigenvalue weighted by Gasteiger charge is -2.36. The number of amides is 1. The van der Waals surface area contributed by atoms with Crippen molar-refractivity contribution >= 4 is 47.6 Å². The normalized spacial score (nSPS) is 17.7. The van der Waals surface area contributed by atoms with Crippen LogP contribution in [0.25, 0.3) is 0 Å². The molecule has 1 aromatic rings. The van der Waals surface area contributed by atoms with Gasteiger partial charge in [0.1, 0.15) is 5.82 Å². The average Bonchev–Trinajstić information content (AvgIpc) is 3.27. The van der Waals surface area contributed by atoms with Crippen molar-refractivity contribution in [2.45, 2.75) is 24.7 Å². The van der Waals surface area contributed by atoms with Gasteiger partial charge in [0, 0.05) is 56.5 Å². The largest absolute Gasteiger partial charge is 0.357 e. The van der Waals surface area contributed by atoms with Crippen LogP contribution in [0.2, 0.25) is 0 Å². The van der Waals surface area contributed by atoms with E-state index in [1.807, 2.05) is 11.0 Å². The number of guanidine groups is 1. The minimum atomic E-state index is -0.173. The maximum atomic E-state index is 13.7. The molecule has 2 aliphatic heterocycles. The van der Waals surface area contributed by atoms with Gasteiger partial charge < -0.3 is 15.1 Å². The van der Waals surface area contributed by atoms with Gasteiger partial charge in [-0.3, -0.25) is 14.7 Å². The van der Waals surface area contributed by atoms with E-state index in [9.17, 15) is 9.18 Å². The molecule has 0 radical (unpaired) electrons. The van der Waals surface area contributed by atoms with Gasteiger partial charge in [-0.1, -0.05) is 12.1 Å². The number of nitrogens with one attached hydrogen (secondary N) is 1. The highest BCUT2D eigenvalue weighted by Crippen LogP contribution is 2.20. The molecule has 0 saturated carbocycles. The summed E-state index contributed by atoms with van der Waals surface area (Å²) < 4.78 is 13.7. The molecule has 2 aliphatic rings. The number of thioether (sulfide) groups is 1. The Balaban J connectivity index is 0.00000320. The molecule has 1 amide bonds. The zero-order valence-corrected chi connectivity index (χ0v) is 20.8. The van der Waals surface area contributed by atoms with Gasteiger partial charge in [0.25, 0.3) is 0 Å². The summed E-state index contributed by atoms with van der Waals surface area (Å²) in [6.07, 6.45) is 2.27. The van der Waals surface area contributed by atoms with Crippen molar-refractivity contribution in [1.82, 2.24) is 20.0 Å². The smallest absolute Gasteiger partial charge is 0.236 e. The Morgan fingerprint density at radius 3 is 2.47 bits per heavy atom. The fourth-order valence-electron chi connectivity index (χ4n) is 3.67. The number of hydrogen-bond donors (Lipinski definition) is 1. The molecule has 1 N–H and O–H groups in total. The summed E-state index contributed by atoms with van der Waals surface area (Å²) >= 11 is 1.49. The second kappa shape index (κ2) is 13.4. The Hall–Kier alpha value is -1.07. The fraction of sp³-hybridized carbons (Fsp3) is 0.619. The summed E-state index contributed by atoms with van der Waals surface area (Å²) in [4.78, 5) is 24.2. The van der Waals surface area contributed by atoms with Crippen LogP contribution in [-0.4, -0.2) is 91.2 Å². The Morgan fingerprint density at radius 2 is 1.80 bits per heavy atom. The number of benzene rings is 1. The molecular formula is C21H33FIN5OS. The first-order valence-electron chi connectivity index (χ1n) is 10.6. The summed E-state index contributed by atoms with van der Waals surface area (Å²) in [6.45, 7) is 9.33. The summed E-state index contributed by atoms with van der Waals surface area (Å²) in [7, 11) is 0. The molecule has 9 heteroatoms. The number of carbonyl (C=O) groups is 1. The molecule has 168 valence electrons. The van der Waals surface area contributed by atoms with E-state index in [0.717, 1.165) is 70.4 Å². The topological polar surface area (TPSA) is 51.2 Å². The van der Waals surface area contributed by atoms with E-state index in [2.05, 4.69) is 22.0 Å². The lowest BCUT2D eigenvalue weighted by atomic mass is 10.3. The maximum Gasteiger partial charge on any atom is 0.236 e. The second-order valence-corrected chi connectivity index (χ2v) is 8.50. The highest BCUT2D eigenvalue weighted by Gasteiger charge is 2.24. The number of halogens is 2. The minimum Gasteiger partial charge on any atom is -0.357 e. The quantitative estimate of drug-likeness (QED) is 0.187. The van der Waals surface area contributed by atoms with Gasteiger partial charge >= 0.3 is 0 Å². The molecule has 2 saturated heterocycles. The van der Waals surface area contributed by atoms with Crippen molar-refractivity contribution in [1.29, 1.82) is 0 Å². The van der Waals surface area contributed by atoms with Crippen molar-refractivity contribution in [3.8, 4) is 0 Å². The van der Waals surface area contributed by atoms with Gasteiger partial charge in [-0.2, -0.15) is 0 Å². The SMILES string of the molecule is CCNC(=NCCSc1ccccc1F)N1CCN(CC(=O)N2CCCC2)CC1.I. The number of hydrogen-bond acceptors (Lipinski definition) is 4. The van der Waals surface area contributed by atoms with Crippen molar-refractivity contribution in [2.75, 3.05) is 64.7 Å². The Labute approximate surface area is 200 Å². The molecule has 3 rings (SSSR count). The molecule has 2 heterocycles.